The highest BCUT2D eigenvalue weighted by Crippen LogP contribution is 2.19. The van der Waals surface area contributed by atoms with Crippen molar-refractivity contribution in [3.63, 3.8) is 0 Å². The van der Waals surface area contributed by atoms with Gasteiger partial charge in [0.15, 0.2) is 5.58 Å². The van der Waals surface area contributed by atoms with E-state index in [-0.39, 0.29) is 18.3 Å². The van der Waals surface area contributed by atoms with Crippen LogP contribution >= 0.6 is 0 Å². The fourth-order valence-corrected chi connectivity index (χ4v) is 1.28. The number of Topliss-reactive ketones (excluding diaryl/α,β-unsaturated/α-hetero) is 1. The molecule has 0 saturated carbocycles. The van der Waals surface area contributed by atoms with E-state index in [1.165, 1.54) is 6.92 Å². The van der Waals surface area contributed by atoms with Crippen molar-refractivity contribution in [2.45, 2.75) is 13.5 Å². The fraction of sp³-hybridized carbons (Fsp3) is 0.200. The lowest BCUT2D eigenvalue weighted by Crippen LogP contribution is -1.91. The number of aliphatic hydroxyl groups is 1. The molecular formula is C10H9NO3. The molecule has 2 aromatic rings. The maximum atomic E-state index is 11.0. The van der Waals surface area contributed by atoms with Crippen LogP contribution in [0.3, 0.4) is 0 Å². The molecule has 0 aliphatic carbocycles. The summed E-state index contributed by atoms with van der Waals surface area (Å²) in [5, 5.41) is 9.02. The van der Waals surface area contributed by atoms with Gasteiger partial charge in [-0.25, -0.2) is 4.98 Å². The lowest BCUT2D eigenvalue weighted by molar-refractivity contribution is 0.0983. The van der Waals surface area contributed by atoms with Crippen LogP contribution in [0, 0.1) is 0 Å². The predicted octanol–water partition coefficient (Wildman–Crippen LogP) is 1.52. The van der Waals surface area contributed by atoms with E-state index < -0.39 is 0 Å². The molecule has 4 nitrogen and oxygen atoms in total. The van der Waals surface area contributed by atoms with E-state index in [4.69, 9.17) is 9.52 Å². The number of para-hydroxylation sites is 1. The SMILES string of the molecule is CC(=O)c1nc2c(CO)cccc2o1. The molecule has 0 amide bonds. The average molecular weight is 191 g/mol. The van der Waals surface area contributed by atoms with E-state index in [9.17, 15) is 4.79 Å². The second kappa shape index (κ2) is 3.23. The molecule has 1 aromatic carbocycles. The highest BCUT2D eigenvalue weighted by Gasteiger charge is 2.11. The molecular weight excluding hydrogens is 182 g/mol. The second-order valence-electron chi connectivity index (χ2n) is 3.00. The van der Waals surface area contributed by atoms with Crippen LogP contribution in [0.5, 0.6) is 0 Å². The Balaban J connectivity index is 2.70. The van der Waals surface area contributed by atoms with Gasteiger partial charge in [-0.2, -0.15) is 0 Å². The molecule has 0 aliphatic heterocycles. The lowest BCUT2D eigenvalue weighted by atomic mass is 10.2. The molecule has 1 heterocycles. The van der Waals surface area contributed by atoms with Crippen LogP contribution in [-0.4, -0.2) is 15.9 Å². The van der Waals surface area contributed by atoms with Crippen molar-refractivity contribution in [3.8, 4) is 0 Å². The first-order valence-corrected chi connectivity index (χ1v) is 4.22. The number of benzene rings is 1. The number of hydrogen-bond donors (Lipinski definition) is 1. The first-order chi connectivity index (χ1) is 6.72. The minimum Gasteiger partial charge on any atom is -0.434 e. The summed E-state index contributed by atoms with van der Waals surface area (Å²) in [5.74, 6) is -0.133. The van der Waals surface area contributed by atoms with Crippen molar-refractivity contribution in [2.75, 3.05) is 0 Å². The molecule has 0 spiro atoms. The normalized spacial score (nSPS) is 10.7. The van der Waals surface area contributed by atoms with Gasteiger partial charge in [-0.05, 0) is 6.07 Å². The van der Waals surface area contributed by atoms with Gasteiger partial charge in [0.25, 0.3) is 5.89 Å². The Morgan fingerprint density at radius 3 is 3.00 bits per heavy atom. The minimum atomic E-state index is -0.218. The number of hydrogen-bond acceptors (Lipinski definition) is 4. The molecule has 0 aliphatic rings. The zero-order chi connectivity index (χ0) is 10.1. The van der Waals surface area contributed by atoms with Crippen LogP contribution in [0.15, 0.2) is 22.6 Å². The van der Waals surface area contributed by atoms with Gasteiger partial charge in [0, 0.05) is 12.5 Å². The summed E-state index contributed by atoms with van der Waals surface area (Å²) >= 11 is 0. The van der Waals surface area contributed by atoms with E-state index in [2.05, 4.69) is 4.98 Å². The monoisotopic (exact) mass is 191 g/mol. The molecule has 1 N–H and O–H groups in total. The molecule has 72 valence electrons. The number of carbonyl (C=O) groups excluding carboxylic acids is 1. The summed E-state index contributed by atoms with van der Waals surface area (Å²) in [6, 6.07) is 5.21. The van der Waals surface area contributed by atoms with Gasteiger partial charge in [-0.1, -0.05) is 12.1 Å². The molecule has 0 radical (unpaired) electrons. The van der Waals surface area contributed by atoms with E-state index in [1.54, 1.807) is 18.2 Å². The zero-order valence-electron chi connectivity index (χ0n) is 7.65. The summed E-state index contributed by atoms with van der Waals surface area (Å²) in [7, 11) is 0. The van der Waals surface area contributed by atoms with Crippen molar-refractivity contribution in [1.82, 2.24) is 4.98 Å². The average Bonchev–Trinajstić information content (AvgIpc) is 2.60. The van der Waals surface area contributed by atoms with Gasteiger partial charge in [-0.15, -0.1) is 0 Å². The summed E-state index contributed by atoms with van der Waals surface area (Å²) in [4.78, 5) is 15.0. The van der Waals surface area contributed by atoms with E-state index >= 15 is 0 Å². The quantitative estimate of drug-likeness (QED) is 0.731. The molecule has 0 fully saturated rings. The van der Waals surface area contributed by atoms with Crippen molar-refractivity contribution < 1.29 is 14.3 Å². The van der Waals surface area contributed by atoms with Crippen LogP contribution in [0.1, 0.15) is 23.2 Å². The molecule has 0 saturated heterocycles. The van der Waals surface area contributed by atoms with Crippen LogP contribution in [0.2, 0.25) is 0 Å². The van der Waals surface area contributed by atoms with Crippen LogP contribution in [0.25, 0.3) is 11.1 Å². The van der Waals surface area contributed by atoms with Gasteiger partial charge in [0.05, 0.1) is 6.61 Å². The van der Waals surface area contributed by atoms with Crippen molar-refractivity contribution in [1.29, 1.82) is 0 Å². The lowest BCUT2D eigenvalue weighted by Gasteiger charge is -1.93. The summed E-state index contributed by atoms with van der Waals surface area (Å²) < 4.78 is 5.20. The highest BCUT2D eigenvalue weighted by molar-refractivity contribution is 5.92. The van der Waals surface area contributed by atoms with Gasteiger partial charge in [-0.3, -0.25) is 4.79 Å². The molecule has 0 atom stereocenters. The first-order valence-electron chi connectivity index (χ1n) is 4.22. The fourth-order valence-electron chi connectivity index (χ4n) is 1.28. The smallest absolute Gasteiger partial charge is 0.263 e. The number of carbonyl (C=O) groups is 1. The Hall–Kier alpha value is -1.68. The topological polar surface area (TPSA) is 63.3 Å². The molecule has 1 aromatic heterocycles. The summed E-state index contributed by atoms with van der Waals surface area (Å²) in [5.41, 5.74) is 1.75. The summed E-state index contributed by atoms with van der Waals surface area (Å²) in [6.07, 6.45) is 0. The molecule has 4 heteroatoms. The van der Waals surface area contributed by atoms with Crippen LogP contribution in [0.4, 0.5) is 0 Å². The van der Waals surface area contributed by atoms with Crippen molar-refractivity contribution >= 4 is 16.9 Å². The van der Waals surface area contributed by atoms with Crippen molar-refractivity contribution in [3.05, 3.63) is 29.7 Å². The molecule has 0 bridgehead atoms. The van der Waals surface area contributed by atoms with Crippen LogP contribution in [-0.2, 0) is 6.61 Å². The standard InChI is InChI=1S/C10H9NO3/c1-6(13)10-11-9-7(5-12)3-2-4-8(9)14-10/h2-4,12H,5H2,1H3. The van der Waals surface area contributed by atoms with Gasteiger partial charge >= 0.3 is 0 Å². The largest absolute Gasteiger partial charge is 0.434 e. The number of ketones is 1. The van der Waals surface area contributed by atoms with Gasteiger partial charge in [0.2, 0.25) is 5.78 Å². The maximum absolute atomic E-state index is 11.0. The number of aromatic nitrogens is 1. The number of nitrogens with zero attached hydrogens (tertiary/aromatic N) is 1. The van der Waals surface area contributed by atoms with E-state index in [0.717, 1.165) is 0 Å². The molecule has 14 heavy (non-hydrogen) atoms. The third-order valence-electron chi connectivity index (χ3n) is 1.97. The van der Waals surface area contributed by atoms with E-state index in [1.807, 2.05) is 0 Å². The molecule has 0 unspecified atom stereocenters. The number of oxazole rings is 1. The Labute approximate surface area is 80.2 Å². The predicted molar refractivity (Wildman–Crippen MR) is 49.9 cm³/mol. The number of fused-ring (bicyclic) bond motifs is 1. The maximum Gasteiger partial charge on any atom is 0.263 e. The van der Waals surface area contributed by atoms with Crippen molar-refractivity contribution in [2.24, 2.45) is 0 Å². The third kappa shape index (κ3) is 1.29. The third-order valence-corrected chi connectivity index (χ3v) is 1.97. The Bertz CT molecular complexity index is 487. The second-order valence-corrected chi connectivity index (χ2v) is 3.00. The highest BCUT2D eigenvalue weighted by atomic mass is 16.4. The number of aliphatic hydroxyl groups excluding tert-OH is 1. The Morgan fingerprint density at radius 1 is 1.57 bits per heavy atom. The zero-order valence-corrected chi connectivity index (χ0v) is 7.65. The van der Waals surface area contributed by atoms with Crippen LogP contribution < -0.4 is 0 Å². The Morgan fingerprint density at radius 2 is 2.36 bits per heavy atom. The minimum absolute atomic E-state index is 0.0842. The van der Waals surface area contributed by atoms with Gasteiger partial charge in [0.1, 0.15) is 5.52 Å². The molecule has 2 rings (SSSR count). The van der Waals surface area contributed by atoms with Gasteiger partial charge < -0.3 is 9.52 Å². The Kier molecular flexibility index (Phi) is 2.05. The summed E-state index contributed by atoms with van der Waals surface area (Å²) in [6.45, 7) is 1.28. The first kappa shape index (κ1) is 8.90. The van der Waals surface area contributed by atoms with E-state index in [0.29, 0.717) is 16.7 Å². The number of rotatable bonds is 2.